The molecule has 2 aromatic rings. The summed E-state index contributed by atoms with van der Waals surface area (Å²) >= 11 is 0. The zero-order chi connectivity index (χ0) is 20.1. The largest absolute Gasteiger partial charge is 0.493 e. The van der Waals surface area contributed by atoms with Crippen LogP contribution in [-0.2, 0) is 13.1 Å². The van der Waals surface area contributed by atoms with Gasteiger partial charge in [-0.05, 0) is 38.4 Å². The van der Waals surface area contributed by atoms with Gasteiger partial charge < -0.3 is 19.3 Å². The Labute approximate surface area is 171 Å². The molecule has 156 valence electrons. The number of para-hydroxylation sites is 1. The fourth-order valence-corrected chi connectivity index (χ4v) is 3.99. The van der Waals surface area contributed by atoms with E-state index in [1.54, 1.807) is 18.0 Å². The van der Waals surface area contributed by atoms with Gasteiger partial charge in [-0.1, -0.05) is 23.8 Å². The van der Waals surface area contributed by atoms with E-state index in [2.05, 4.69) is 15.2 Å². The van der Waals surface area contributed by atoms with E-state index in [9.17, 15) is 4.79 Å². The average molecular weight is 399 g/mol. The smallest absolute Gasteiger partial charge is 0.276 e. The number of ether oxygens (including phenoxy) is 2. The van der Waals surface area contributed by atoms with Crippen molar-refractivity contribution in [3.63, 3.8) is 0 Å². The van der Waals surface area contributed by atoms with Gasteiger partial charge in [-0.2, -0.15) is 0 Å². The molecular weight excluding hydrogens is 370 g/mol. The number of likely N-dealkylation sites (tertiary alicyclic amines) is 1. The van der Waals surface area contributed by atoms with Crippen LogP contribution in [0.25, 0.3) is 0 Å². The summed E-state index contributed by atoms with van der Waals surface area (Å²) < 4.78 is 13.1. The van der Waals surface area contributed by atoms with Crippen LogP contribution < -0.4 is 9.47 Å². The van der Waals surface area contributed by atoms with Crippen molar-refractivity contribution in [2.45, 2.75) is 38.8 Å². The van der Waals surface area contributed by atoms with Crippen molar-refractivity contribution in [2.75, 3.05) is 39.9 Å². The maximum Gasteiger partial charge on any atom is 0.276 e. The summed E-state index contributed by atoms with van der Waals surface area (Å²) in [4.78, 5) is 17.3. The van der Waals surface area contributed by atoms with E-state index in [0.717, 1.165) is 43.9 Å². The molecule has 3 heterocycles. The molecule has 8 nitrogen and oxygen atoms in total. The van der Waals surface area contributed by atoms with Crippen molar-refractivity contribution in [1.82, 2.24) is 24.8 Å². The maximum atomic E-state index is 13.1. The zero-order valence-corrected chi connectivity index (χ0v) is 17.0. The van der Waals surface area contributed by atoms with E-state index in [1.165, 1.54) is 19.3 Å². The number of aromatic nitrogens is 3. The van der Waals surface area contributed by atoms with Gasteiger partial charge in [-0.15, -0.1) is 5.10 Å². The fourth-order valence-electron chi connectivity index (χ4n) is 3.99. The predicted molar refractivity (Wildman–Crippen MR) is 108 cm³/mol. The molecule has 1 amide bonds. The quantitative estimate of drug-likeness (QED) is 0.768. The van der Waals surface area contributed by atoms with E-state index >= 15 is 0 Å². The molecule has 0 N–H and O–H groups in total. The molecule has 2 aliphatic rings. The topological polar surface area (TPSA) is 72.7 Å². The lowest BCUT2D eigenvalue weighted by Crippen LogP contribution is -2.34. The summed E-state index contributed by atoms with van der Waals surface area (Å²) in [6.45, 7) is 5.64. The van der Waals surface area contributed by atoms with E-state index in [1.807, 2.05) is 23.1 Å². The van der Waals surface area contributed by atoms with Crippen LogP contribution in [0.15, 0.2) is 24.4 Å². The Hall–Kier alpha value is -2.61. The molecule has 4 rings (SSSR count). The number of piperidine rings is 1. The SMILES string of the molecule is COc1cccc2c1OCCCN(C(=O)c1cn(CCN3CCCCC3)nn1)C2. The van der Waals surface area contributed by atoms with Gasteiger partial charge in [0.05, 0.1) is 26.5 Å². The first kappa shape index (κ1) is 19.7. The number of benzene rings is 1. The van der Waals surface area contributed by atoms with Gasteiger partial charge in [-0.25, -0.2) is 0 Å². The van der Waals surface area contributed by atoms with Crippen LogP contribution in [0.5, 0.6) is 11.5 Å². The standard InChI is InChI=1S/C21H29N5O3/c1-28-19-8-5-7-17-15-25(11-6-14-29-20(17)19)21(27)18-16-26(23-22-18)13-12-24-9-3-2-4-10-24/h5,7-8,16H,2-4,6,9-15H2,1H3. The summed E-state index contributed by atoms with van der Waals surface area (Å²) in [6, 6.07) is 5.77. The predicted octanol–water partition coefficient (Wildman–Crippen LogP) is 2.20. The minimum Gasteiger partial charge on any atom is -0.493 e. The van der Waals surface area contributed by atoms with Crippen LogP contribution in [0.4, 0.5) is 0 Å². The molecule has 1 saturated heterocycles. The second-order valence-corrected chi connectivity index (χ2v) is 7.65. The minimum absolute atomic E-state index is 0.0927. The van der Waals surface area contributed by atoms with Crippen molar-refractivity contribution in [3.05, 3.63) is 35.7 Å². The Morgan fingerprint density at radius 2 is 2.00 bits per heavy atom. The number of carbonyl (C=O) groups is 1. The Morgan fingerprint density at radius 3 is 2.83 bits per heavy atom. The molecule has 8 heteroatoms. The zero-order valence-electron chi connectivity index (χ0n) is 17.0. The van der Waals surface area contributed by atoms with Crippen molar-refractivity contribution < 1.29 is 14.3 Å². The molecule has 1 fully saturated rings. The Kier molecular flexibility index (Phi) is 6.29. The minimum atomic E-state index is -0.0927. The Bertz CT molecular complexity index is 831. The number of hydrogen-bond acceptors (Lipinski definition) is 6. The highest BCUT2D eigenvalue weighted by molar-refractivity contribution is 5.92. The first-order valence-corrected chi connectivity index (χ1v) is 10.4. The normalized spacial score (nSPS) is 17.8. The van der Waals surface area contributed by atoms with Gasteiger partial charge in [0.15, 0.2) is 17.2 Å². The second-order valence-electron chi connectivity index (χ2n) is 7.65. The van der Waals surface area contributed by atoms with Gasteiger partial charge >= 0.3 is 0 Å². The number of carbonyl (C=O) groups excluding carboxylic acids is 1. The van der Waals surface area contributed by atoms with Gasteiger partial charge in [0, 0.05) is 25.2 Å². The molecule has 2 aliphatic heterocycles. The van der Waals surface area contributed by atoms with Gasteiger partial charge in [0.2, 0.25) is 0 Å². The highest BCUT2D eigenvalue weighted by Crippen LogP contribution is 2.33. The molecule has 29 heavy (non-hydrogen) atoms. The number of fused-ring (bicyclic) bond motifs is 1. The van der Waals surface area contributed by atoms with Gasteiger partial charge in [-0.3, -0.25) is 9.48 Å². The van der Waals surface area contributed by atoms with Crippen LogP contribution in [0, 0.1) is 0 Å². The van der Waals surface area contributed by atoms with E-state index in [-0.39, 0.29) is 5.91 Å². The van der Waals surface area contributed by atoms with Crippen molar-refractivity contribution >= 4 is 5.91 Å². The first-order valence-electron chi connectivity index (χ1n) is 10.4. The number of hydrogen-bond donors (Lipinski definition) is 0. The number of methoxy groups -OCH3 is 1. The fraction of sp³-hybridized carbons (Fsp3) is 0.571. The third kappa shape index (κ3) is 4.70. The number of amides is 1. The molecule has 1 aromatic heterocycles. The van der Waals surface area contributed by atoms with Crippen molar-refractivity contribution in [3.8, 4) is 11.5 Å². The maximum absolute atomic E-state index is 13.1. The molecule has 0 unspecified atom stereocenters. The molecule has 0 spiro atoms. The molecule has 1 aromatic carbocycles. The van der Waals surface area contributed by atoms with Gasteiger partial charge in [0.1, 0.15) is 0 Å². The van der Waals surface area contributed by atoms with E-state index in [0.29, 0.717) is 31.1 Å². The summed E-state index contributed by atoms with van der Waals surface area (Å²) in [6.07, 6.45) is 6.40. The second kappa shape index (κ2) is 9.26. The summed E-state index contributed by atoms with van der Waals surface area (Å²) in [5.41, 5.74) is 1.34. The monoisotopic (exact) mass is 399 g/mol. The highest BCUT2D eigenvalue weighted by atomic mass is 16.5. The van der Waals surface area contributed by atoms with Crippen molar-refractivity contribution in [2.24, 2.45) is 0 Å². The van der Waals surface area contributed by atoms with Crippen LogP contribution in [0.1, 0.15) is 41.7 Å². The van der Waals surface area contributed by atoms with Crippen LogP contribution >= 0.6 is 0 Å². The third-order valence-corrected chi connectivity index (χ3v) is 5.60. The average Bonchev–Trinajstić information content (AvgIpc) is 3.22. The van der Waals surface area contributed by atoms with Gasteiger partial charge in [0.25, 0.3) is 5.91 Å². The molecule has 0 atom stereocenters. The molecule has 0 aliphatic carbocycles. The summed E-state index contributed by atoms with van der Waals surface area (Å²) in [7, 11) is 1.63. The van der Waals surface area contributed by atoms with E-state index < -0.39 is 0 Å². The summed E-state index contributed by atoms with van der Waals surface area (Å²) in [5, 5.41) is 8.32. The number of nitrogens with zero attached hydrogens (tertiary/aromatic N) is 5. The lowest BCUT2D eigenvalue weighted by molar-refractivity contribution is 0.0715. The Balaban J connectivity index is 1.42. The van der Waals surface area contributed by atoms with Crippen LogP contribution in [0.3, 0.4) is 0 Å². The van der Waals surface area contributed by atoms with Crippen LogP contribution in [-0.4, -0.2) is 70.6 Å². The van der Waals surface area contributed by atoms with Crippen molar-refractivity contribution in [1.29, 1.82) is 0 Å². The lowest BCUT2D eigenvalue weighted by atomic mass is 10.1. The highest BCUT2D eigenvalue weighted by Gasteiger charge is 2.24. The van der Waals surface area contributed by atoms with E-state index in [4.69, 9.17) is 9.47 Å². The van der Waals surface area contributed by atoms with Crippen LogP contribution in [0.2, 0.25) is 0 Å². The molecule has 0 saturated carbocycles. The third-order valence-electron chi connectivity index (χ3n) is 5.60. The first-order chi connectivity index (χ1) is 14.2. The summed E-state index contributed by atoms with van der Waals surface area (Å²) in [5.74, 6) is 1.32. The molecular formula is C21H29N5O3. The molecule has 0 bridgehead atoms. The Morgan fingerprint density at radius 1 is 1.14 bits per heavy atom. The lowest BCUT2D eigenvalue weighted by Gasteiger charge is -2.26. The molecule has 0 radical (unpaired) electrons. The number of rotatable bonds is 5.